The predicted octanol–water partition coefficient (Wildman–Crippen LogP) is 3.61. The lowest BCUT2D eigenvalue weighted by molar-refractivity contribution is -0.140. The summed E-state index contributed by atoms with van der Waals surface area (Å²) in [5.41, 5.74) is 3.13. The van der Waals surface area contributed by atoms with Gasteiger partial charge in [0.15, 0.2) is 11.0 Å². The van der Waals surface area contributed by atoms with Crippen LogP contribution in [0.25, 0.3) is 17.1 Å². The normalized spacial score (nSPS) is 11.2. The molecule has 0 spiro atoms. The lowest BCUT2D eigenvalue weighted by atomic mass is 9.87. The topological polar surface area (TPSA) is 86.1 Å². The second-order valence-electron chi connectivity index (χ2n) is 7.95. The Bertz CT molecular complexity index is 1040. The Morgan fingerprint density at radius 2 is 1.71 bits per heavy atom. The highest BCUT2D eigenvalue weighted by Gasteiger charge is 2.19. The zero-order valence-electron chi connectivity index (χ0n) is 18.1. The average Bonchev–Trinajstić information content (AvgIpc) is 3.20. The maximum Gasteiger partial charge on any atom is 0.325 e. The fourth-order valence-electron chi connectivity index (χ4n) is 2.90. The first-order valence-corrected chi connectivity index (χ1v) is 10.9. The van der Waals surface area contributed by atoms with Gasteiger partial charge in [0.25, 0.3) is 0 Å². The zero-order valence-corrected chi connectivity index (χ0v) is 18.9. The maximum atomic E-state index is 12.1. The first-order chi connectivity index (χ1) is 14.8. The van der Waals surface area contributed by atoms with Crippen molar-refractivity contribution in [3.63, 3.8) is 0 Å². The van der Waals surface area contributed by atoms with E-state index in [4.69, 9.17) is 0 Å². The largest absolute Gasteiger partial charge is 0.468 e. The molecule has 1 amide bonds. The number of methoxy groups -OCH3 is 1. The Morgan fingerprint density at radius 1 is 1.03 bits per heavy atom. The number of benzene rings is 2. The van der Waals surface area contributed by atoms with Gasteiger partial charge in [0, 0.05) is 11.3 Å². The number of nitrogens with zero attached hydrogens (tertiary/aromatic N) is 3. The average molecular weight is 439 g/mol. The summed E-state index contributed by atoms with van der Waals surface area (Å²) >= 11 is 1.26. The predicted molar refractivity (Wildman–Crippen MR) is 121 cm³/mol. The van der Waals surface area contributed by atoms with E-state index in [0.29, 0.717) is 11.0 Å². The standard InChI is InChI=1S/C23H26N4O3S/c1-23(2,3)17-12-10-16(11-13-17)21-25-26-22(27(21)18-8-6-5-7-9-18)31-15-19(28)24-14-20(29)30-4/h5-13H,14-15H2,1-4H3,(H,24,28). The van der Waals surface area contributed by atoms with E-state index in [0.717, 1.165) is 11.3 Å². The molecular weight excluding hydrogens is 412 g/mol. The number of esters is 1. The molecule has 3 rings (SSSR count). The molecule has 0 bridgehead atoms. The second-order valence-corrected chi connectivity index (χ2v) is 8.89. The molecule has 0 aliphatic carbocycles. The molecule has 0 saturated heterocycles. The molecule has 1 aromatic heterocycles. The van der Waals surface area contributed by atoms with Crippen molar-refractivity contribution in [2.75, 3.05) is 19.4 Å². The van der Waals surface area contributed by atoms with Gasteiger partial charge in [-0.25, -0.2) is 0 Å². The molecule has 0 aliphatic heterocycles. The number of hydrogen-bond acceptors (Lipinski definition) is 6. The number of rotatable bonds is 7. The van der Waals surface area contributed by atoms with Crippen LogP contribution in [0.2, 0.25) is 0 Å². The molecule has 1 N–H and O–H groups in total. The minimum absolute atomic E-state index is 0.0597. The number of amides is 1. The third kappa shape index (κ3) is 5.73. The third-order valence-corrected chi connectivity index (χ3v) is 5.58. The van der Waals surface area contributed by atoms with Gasteiger partial charge in [0.2, 0.25) is 5.91 Å². The van der Waals surface area contributed by atoms with Gasteiger partial charge in [-0.2, -0.15) is 0 Å². The van der Waals surface area contributed by atoms with Crippen LogP contribution in [0.1, 0.15) is 26.3 Å². The van der Waals surface area contributed by atoms with Crippen molar-refractivity contribution in [3.05, 3.63) is 60.2 Å². The number of carbonyl (C=O) groups excluding carboxylic acids is 2. The van der Waals surface area contributed by atoms with E-state index >= 15 is 0 Å². The molecule has 0 radical (unpaired) electrons. The Kier molecular flexibility index (Phi) is 7.12. The summed E-state index contributed by atoms with van der Waals surface area (Å²) in [4.78, 5) is 23.3. The summed E-state index contributed by atoms with van der Waals surface area (Å²) < 4.78 is 6.47. The van der Waals surface area contributed by atoms with E-state index in [-0.39, 0.29) is 23.6 Å². The number of hydrogen-bond donors (Lipinski definition) is 1. The molecule has 0 atom stereocenters. The lowest BCUT2D eigenvalue weighted by Crippen LogP contribution is -2.31. The Morgan fingerprint density at radius 3 is 2.32 bits per heavy atom. The number of ether oxygens (including phenoxy) is 1. The summed E-state index contributed by atoms with van der Waals surface area (Å²) in [6.07, 6.45) is 0. The Hall–Kier alpha value is -3.13. The molecule has 31 heavy (non-hydrogen) atoms. The molecule has 0 fully saturated rings. The van der Waals surface area contributed by atoms with Crippen LogP contribution in [0.4, 0.5) is 0 Å². The fourth-order valence-corrected chi connectivity index (χ4v) is 3.69. The van der Waals surface area contributed by atoms with E-state index in [1.165, 1.54) is 24.4 Å². The van der Waals surface area contributed by atoms with Gasteiger partial charge < -0.3 is 10.1 Å². The van der Waals surface area contributed by atoms with Gasteiger partial charge in [-0.15, -0.1) is 10.2 Å². The summed E-state index contributed by atoms with van der Waals surface area (Å²) in [6, 6.07) is 18.1. The van der Waals surface area contributed by atoms with Crippen LogP contribution in [0.5, 0.6) is 0 Å². The van der Waals surface area contributed by atoms with E-state index in [1.54, 1.807) is 0 Å². The molecule has 3 aromatic rings. The SMILES string of the molecule is COC(=O)CNC(=O)CSc1nnc(-c2ccc(C(C)(C)C)cc2)n1-c1ccccc1. The molecule has 0 unspecified atom stereocenters. The minimum Gasteiger partial charge on any atom is -0.468 e. The van der Waals surface area contributed by atoms with Gasteiger partial charge >= 0.3 is 5.97 Å². The van der Waals surface area contributed by atoms with Gasteiger partial charge in [-0.3, -0.25) is 14.2 Å². The van der Waals surface area contributed by atoms with Crippen LogP contribution in [0, 0.1) is 0 Å². The van der Waals surface area contributed by atoms with Crippen LogP contribution in [-0.2, 0) is 19.7 Å². The van der Waals surface area contributed by atoms with E-state index in [2.05, 4.69) is 53.2 Å². The molecular formula is C23H26N4O3S. The summed E-state index contributed by atoms with van der Waals surface area (Å²) in [5.74, 6) is 0.0234. The maximum absolute atomic E-state index is 12.1. The summed E-state index contributed by atoms with van der Waals surface area (Å²) in [6.45, 7) is 6.37. The monoisotopic (exact) mass is 438 g/mol. The number of nitrogens with one attached hydrogen (secondary N) is 1. The first-order valence-electron chi connectivity index (χ1n) is 9.87. The number of para-hydroxylation sites is 1. The highest BCUT2D eigenvalue weighted by atomic mass is 32.2. The first kappa shape index (κ1) is 22.6. The van der Waals surface area contributed by atoms with E-state index in [9.17, 15) is 9.59 Å². The van der Waals surface area contributed by atoms with Crippen molar-refractivity contribution in [2.45, 2.75) is 31.3 Å². The van der Waals surface area contributed by atoms with Crippen LogP contribution in [-0.4, -0.2) is 46.0 Å². The molecule has 162 valence electrons. The van der Waals surface area contributed by atoms with Crippen LogP contribution >= 0.6 is 11.8 Å². The fraction of sp³-hybridized carbons (Fsp3) is 0.304. The van der Waals surface area contributed by atoms with Gasteiger partial charge in [-0.1, -0.05) is 75.0 Å². The van der Waals surface area contributed by atoms with Crippen molar-refractivity contribution in [2.24, 2.45) is 0 Å². The van der Waals surface area contributed by atoms with Crippen molar-refractivity contribution in [3.8, 4) is 17.1 Å². The number of aromatic nitrogens is 3. The van der Waals surface area contributed by atoms with Gasteiger partial charge in [0.05, 0.1) is 12.9 Å². The summed E-state index contributed by atoms with van der Waals surface area (Å²) in [5, 5.41) is 11.9. The number of thioether (sulfide) groups is 1. The molecule has 0 saturated carbocycles. The zero-order chi connectivity index (χ0) is 22.4. The lowest BCUT2D eigenvalue weighted by Gasteiger charge is -2.19. The minimum atomic E-state index is -0.494. The van der Waals surface area contributed by atoms with E-state index in [1.807, 2.05) is 47.0 Å². The number of carbonyl (C=O) groups is 2. The molecule has 2 aromatic carbocycles. The second kappa shape index (κ2) is 9.78. The van der Waals surface area contributed by atoms with Gasteiger partial charge in [0.1, 0.15) is 6.54 Å². The smallest absolute Gasteiger partial charge is 0.325 e. The Labute approximate surface area is 186 Å². The van der Waals surface area contributed by atoms with Gasteiger partial charge in [-0.05, 0) is 23.1 Å². The molecule has 8 heteroatoms. The van der Waals surface area contributed by atoms with Crippen LogP contribution in [0.3, 0.4) is 0 Å². The third-order valence-electron chi connectivity index (χ3n) is 4.65. The van der Waals surface area contributed by atoms with E-state index < -0.39 is 5.97 Å². The van der Waals surface area contributed by atoms with Crippen molar-refractivity contribution in [1.29, 1.82) is 0 Å². The summed E-state index contributed by atoms with van der Waals surface area (Å²) in [7, 11) is 1.28. The quantitative estimate of drug-likeness (QED) is 0.448. The molecule has 7 nitrogen and oxygen atoms in total. The van der Waals surface area contributed by atoms with Crippen LogP contribution < -0.4 is 5.32 Å². The molecule has 0 aliphatic rings. The highest BCUT2D eigenvalue weighted by Crippen LogP contribution is 2.30. The van der Waals surface area contributed by atoms with Crippen molar-refractivity contribution >= 4 is 23.6 Å². The molecule has 1 heterocycles. The van der Waals surface area contributed by atoms with Crippen LogP contribution in [0.15, 0.2) is 59.8 Å². The van der Waals surface area contributed by atoms with Crippen molar-refractivity contribution in [1.82, 2.24) is 20.1 Å². The highest BCUT2D eigenvalue weighted by molar-refractivity contribution is 7.99. The van der Waals surface area contributed by atoms with Crippen molar-refractivity contribution < 1.29 is 14.3 Å². The Balaban J connectivity index is 1.87.